The maximum Gasteiger partial charge on any atom is 0.232 e. The van der Waals surface area contributed by atoms with Crippen LogP contribution in [0.1, 0.15) is 12.8 Å². The molecule has 0 amide bonds. The van der Waals surface area contributed by atoms with Gasteiger partial charge in [0.05, 0.1) is 17.8 Å². The first kappa shape index (κ1) is 12.2. The molecular weight excluding hydrogens is 296 g/mol. The van der Waals surface area contributed by atoms with Gasteiger partial charge in [-0.1, -0.05) is 0 Å². The third kappa shape index (κ3) is 2.07. The molecule has 5 nitrogen and oxygen atoms in total. The lowest BCUT2D eigenvalue weighted by atomic mass is 9.87. The molecular formula is C12H17BrN4O. The van der Waals surface area contributed by atoms with E-state index < -0.39 is 0 Å². The number of anilines is 1. The molecule has 3 rings (SSSR count). The molecule has 2 aliphatic rings. The van der Waals surface area contributed by atoms with Gasteiger partial charge in [0.2, 0.25) is 11.8 Å². The van der Waals surface area contributed by atoms with Crippen LogP contribution in [0.2, 0.25) is 0 Å². The van der Waals surface area contributed by atoms with Crippen molar-refractivity contribution in [2.24, 2.45) is 5.41 Å². The molecule has 18 heavy (non-hydrogen) atoms. The summed E-state index contributed by atoms with van der Waals surface area (Å²) < 4.78 is 6.02. The third-order valence-electron chi connectivity index (χ3n) is 3.95. The van der Waals surface area contributed by atoms with Crippen molar-refractivity contribution in [2.75, 3.05) is 38.2 Å². The minimum atomic E-state index is 0.434. The van der Waals surface area contributed by atoms with E-state index in [0.717, 1.165) is 36.6 Å². The number of aromatic nitrogens is 2. The maximum atomic E-state index is 5.23. The number of hydrogen-bond donors (Lipinski definition) is 1. The van der Waals surface area contributed by atoms with Crippen molar-refractivity contribution in [1.82, 2.24) is 15.3 Å². The lowest BCUT2D eigenvalue weighted by Gasteiger charge is -2.22. The highest BCUT2D eigenvalue weighted by atomic mass is 79.9. The van der Waals surface area contributed by atoms with Crippen LogP contribution in [0.3, 0.4) is 0 Å². The fourth-order valence-corrected chi connectivity index (χ4v) is 3.24. The molecule has 98 valence electrons. The Bertz CT molecular complexity index is 448. The normalized spacial score (nSPS) is 27.1. The third-order valence-corrected chi connectivity index (χ3v) is 4.49. The summed E-state index contributed by atoms with van der Waals surface area (Å²) in [5.74, 6) is 1.38. The zero-order chi connectivity index (χ0) is 12.6. The van der Waals surface area contributed by atoms with Crippen LogP contribution in [0.4, 0.5) is 5.95 Å². The highest BCUT2D eigenvalue weighted by molar-refractivity contribution is 9.10. The van der Waals surface area contributed by atoms with Crippen LogP contribution in [0.5, 0.6) is 5.88 Å². The van der Waals surface area contributed by atoms with Gasteiger partial charge in [-0.2, -0.15) is 4.98 Å². The zero-order valence-electron chi connectivity index (χ0n) is 10.4. The van der Waals surface area contributed by atoms with Gasteiger partial charge in [-0.3, -0.25) is 0 Å². The summed E-state index contributed by atoms with van der Waals surface area (Å²) in [7, 11) is 1.63. The molecule has 1 unspecified atom stereocenters. The van der Waals surface area contributed by atoms with Crippen LogP contribution >= 0.6 is 15.9 Å². The van der Waals surface area contributed by atoms with Crippen LogP contribution in [-0.2, 0) is 0 Å². The molecule has 0 aromatic carbocycles. The molecule has 1 spiro atoms. The second-order valence-corrected chi connectivity index (χ2v) is 5.98. The van der Waals surface area contributed by atoms with Gasteiger partial charge < -0.3 is 15.0 Å². The Balaban J connectivity index is 1.80. The van der Waals surface area contributed by atoms with Gasteiger partial charge in [0, 0.05) is 25.0 Å². The van der Waals surface area contributed by atoms with Crippen molar-refractivity contribution >= 4 is 21.9 Å². The molecule has 1 aromatic heterocycles. The average molecular weight is 313 g/mol. The summed E-state index contributed by atoms with van der Waals surface area (Å²) in [5, 5.41) is 3.46. The lowest BCUT2D eigenvalue weighted by molar-refractivity contribution is 0.368. The number of halogens is 1. The van der Waals surface area contributed by atoms with Crippen LogP contribution in [0, 0.1) is 5.41 Å². The SMILES string of the molecule is COc1nc(N2CCC3(CCNC3)C2)ncc1Br. The molecule has 3 heterocycles. The Morgan fingerprint density at radius 1 is 1.50 bits per heavy atom. The summed E-state index contributed by atoms with van der Waals surface area (Å²) in [4.78, 5) is 11.1. The van der Waals surface area contributed by atoms with Crippen LogP contribution < -0.4 is 15.0 Å². The topological polar surface area (TPSA) is 50.3 Å². The van der Waals surface area contributed by atoms with Crippen LogP contribution in [0.25, 0.3) is 0 Å². The Morgan fingerprint density at radius 2 is 2.39 bits per heavy atom. The van der Waals surface area contributed by atoms with Crippen LogP contribution in [0.15, 0.2) is 10.7 Å². The number of nitrogens with zero attached hydrogens (tertiary/aromatic N) is 3. The van der Waals surface area contributed by atoms with Crippen molar-refractivity contribution in [1.29, 1.82) is 0 Å². The second kappa shape index (κ2) is 4.66. The van der Waals surface area contributed by atoms with E-state index in [-0.39, 0.29) is 0 Å². The van der Waals surface area contributed by atoms with Gasteiger partial charge in [-0.15, -0.1) is 0 Å². The van der Waals surface area contributed by atoms with Gasteiger partial charge in [0.25, 0.3) is 0 Å². The molecule has 2 fully saturated rings. The zero-order valence-corrected chi connectivity index (χ0v) is 12.0. The Morgan fingerprint density at radius 3 is 3.11 bits per heavy atom. The summed E-state index contributed by atoms with van der Waals surface area (Å²) in [5.41, 5.74) is 0.434. The first-order chi connectivity index (χ1) is 8.72. The standard InChI is InChI=1S/C12H17BrN4O/c1-18-10-9(13)6-15-11(16-10)17-5-3-12(8-17)2-4-14-7-12/h6,14H,2-5,7-8H2,1H3. The fraction of sp³-hybridized carbons (Fsp3) is 0.667. The van der Waals surface area contributed by atoms with E-state index >= 15 is 0 Å². The van der Waals surface area contributed by atoms with Crippen LogP contribution in [-0.4, -0.2) is 43.3 Å². The smallest absolute Gasteiger partial charge is 0.232 e. The predicted molar refractivity (Wildman–Crippen MR) is 73.0 cm³/mol. The van der Waals surface area contributed by atoms with Gasteiger partial charge in [-0.05, 0) is 35.3 Å². The quantitative estimate of drug-likeness (QED) is 0.895. The Kier molecular flexibility index (Phi) is 3.15. The molecule has 6 heteroatoms. The molecule has 0 bridgehead atoms. The highest BCUT2D eigenvalue weighted by Gasteiger charge is 2.41. The van der Waals surface area contributed by atoms with Gasteiger partial charge in [-0.25, -0.2) is 4.98 Å². The van der Waals surface area contributed by atoms with E-state index in [9.17, 15) is 0 Å². The van der Waals surface area contributed by atoms with Crippen molar-refractivity contribution in [2.45, 2.75) is 12.8 Å². The molecule has 0 radical (unpaired) electrons. The minimum Gasteiger partial charge on any atom is -0.480 e. The fourth-order valence-electron chi connectivity index (χ4n) is 2.89. The van der Waals surface area contributed by atoms with E-state index in [1.807, 2.05) is 0 Å². The van der Waals surface area contributed by atoms with Gasteiger partial charge in [0.15, 0.2) is 0 Å². The minimum absolute atomic E-state index is 0.434. The summed E-state index contributed by atoms with van der Waals surface area (Å²) >= 11 is 3.38. The van der Waals surface area contributed by atoms with Gasteiger partial charge in [0.1, 0.15) is 0 Å². The lowest BCUT2D eigenvalue weighted by Crippen LogP contribution is -2.30. The molecule has 0 aliphatic carbocycles. The summed E-state index contributed by atoms with van der Waals surface area (Å²) in [6.45, 7) is 4.34. The molecule has 1 atom stereocenters. The molecule has 1 N–H and O–H groups in total. The van der Waals surface area contributed by atoms with E-state index in [4.69, 9.17) is 4.74 Å². The highest BCUT2D eigenvalue weighted by Crippen LogP contribution is 2.37. The van der Waals surface area contributed by atoms with E-state index in [1.54, 1.807) is 13.3 Å². The average Bonchev–Trinajstić information content (AvgIpc) is 3.01. The maximum absolute atomic E-state index is 5.23. The van der Waals surface area contributed by atoms with Crippen molar-refractivity contribution in [3.8, 4) is 5.88 Å². The summed E-state index contributed by atoms with van der Waals surface area (Å²) in [6.07, 6.45) is 4.25. The largest absolute Gasteiger partial charge is 0.480 e. The number of rotatable bonds is 2. The van der Waals surface area contributed by atoms with Gasteiger partial charge >= 0.3 is 0 Å². The monoisotopic (exact) mass is 312 g/mol. The first-order valence-electron chi connectivity index (χ1n) is 6.25. The number of methoxy groups -OCH3 is 1. The molecule has 2 aliphatic heterocycles. The first-order valence-corrected chi connectivity index (χ1v) is 7.04. The number of ether oxygens (including phenoxy) is 1. The van der Waals surface area contributed by atoms with E-state index in [2.05, 4.69) is 36.1 Å². The Hall–Kier alpha value is -0.880. The Labute approximate surface area is 115 Å². The van der Waals surface area contributed by atoms with Crippen molar-refractivity contribution in [3.63, 3.8) is 0 Å². The number of hydrogen-bond acceptors (Lipinski definition) is 5. The molecule has 1 aromatic rings. The van der Waals surface area contributed by atoms with E-state index in [0.29, 0.717) is 11.3 Å². The van der Waals surface area contributed by atoms with Crippen molar-refractivity contribution in [3.05, 3.63) is 10.7 Å². The second-order valence-electron chi connectivity index (χ2n) is 5.13. The number of nitrogens with one attached hydrogen (secondary N) is 1. The van der Waals surface area contributed by atoms with Crippen molar-refractivity contribution < 1.29 is 4.74 Å². The summed E-state index contributed by atoms with van der Waals surface area (Å²) in [6, 6.07) is 0. The predicted octanol–water partition coefficient (Wildman–Crippen LogP) is 1.44. The van der Waals surface area contributed by atoms with E-state index in [1.165, 1.54) is 12.8 Å². The molecule has 2 saturated heterocycles. The molecule has 0 saturated carbocycles.